The lowest BCUT2D eigenvalue weighted by molar-refractivity contribution is -0.126. The molecule has 116 valence electrons. The van der Waals surface area contributed by atoms with Crippen LogP contribution in [0.4, 0.5) is 0 Å². The predicted octanol–water partition coefficient (Wildman–Crippen LogP) is 3.33. The Labute approximate surface area is 131 Å². The maximum absolute atomic E-state index is 12.4. The lowest BCUT2D eigenvalue weighted by Crippen LogP contribution is -2.45. The van der Waals surface area contributed by atoms with E-state index >= 15 is 0 Å². The van der Waals surface area contributed by atoms with Gasteiger partial charge in [0.2, 0.25) is 5.91 Å². The van der Waals surface area contributed by atoms with Crippen molar-refractivity contribution >= 4 is 17.2 Å². The third kappa shape index (κ3) is 3.67. The summed E-state index contributed by atoms with van der Waals surface area (Å²) in [6.45, 7) is 5.20. The van der Waals surface area contributed by atoms with Crippen molar-refractivity contribution in [3.8, 4) is 0 Å². The fourth-order valence-electron chi connectivity index (χ4n) is 3.78. The van der Waals surface area contributed by atoms with Crippen LogP contribution < -0.4 is 5.32 Å². The third-order valence-electron chi connectivity index (χ3n) is 4.86. The van der Waals surface area contributed by atoms with Crippen LogP contribution in [0.1, 0.15) is 48.3 Å². The first-order chi connectivity index (χ1) is 10.2. The molecule has 0 bridgehead atoms. The number of aryl methyl sites for hydroxylation is 1. The molecule has 0 radical (unpaired) electrons. The first-order valence-electron chi connectivity index (χ1n) is 8.31. The Balaban J connectivity index is 1.75. The molecule has 0 spiro atoms. The first-order valence-corrected chi connectivity index (χ1v) is 9.13. The highest BCUT2D eigenvalue weighted by molar-refractivity contribution is 7.11. The van der Waals surface area contributed by atoms with Gasteiger partial charge in [-0.1, -0.05) is 12.8 Å². The number of hydrogen-bond acceptors (Lipinski definition) is 3. The Hall–Kier alpha value is -0.870. The fraction of sp³-hybridized carbons (Fsp3) is 0.706. The predicted molar refractivity (Wildman–Crippen MR) is 87.5 cm³/mol. The molecule has 1 N–H and O–H groups in total. The molecule has 1 saturated heterocycles. The number of amides is 1. The van der Waals surface area contributed by atoms with E-state index in [0.717, 1.165) is 32.5 Å². The molecule has 1 amide bonds. The van der Waals surface area contributed by atoms with E-state index in [1.165, 1.54) is 35.4 Å². The quantitative estimate of drug-likeness (QED) is 0.909. The van der Waals surface area contributed by atoms with Crippen LogP contribution in [0.15, 0.2) is 12.1 Å². The van der Waals surface area contributed by atoms with Gasteiger partial charge in [-0.25, -0.2) is 0 Å². The lowest BCUT2D eigenvalue weighted by Gasteiger charge is -2.33. The van der Waals surface area contributed by atoms with Gasteiger partial charge in [-0.15, -0.1) is 11.3 Å². The number of rotatable bonds is 2. The van der Waals surface area contributed by atoms with E-state index in [2.05, 4.69) is 29.3 Å². The van der Waals surface area contributed by atoms with Crippen molar-refractivity contribution in [3.63, 3.8) is 0 Å². The van der Waals surface area contributed by atoms with E-state index in [1.54, 1.807) is 0 Å². The SMILES string of the molecule is Cc1ccc(CN2CCCCCNC(=O)[C@@H]3CCC[C@@H]32)s1. The number of thiophene rings is 1. The molecule has 3 nitrogen and oxygen atoms in total. The van der Waals surface area contributed by atoms with Crippen molar-refractivity contribution in [2.45, 2.75) is 58.0 Å². The van der Waals surface area contributed by atoms with Crippen molar-refractivity contribution in [2.75, 3.05) is 13.1 Å². The highest BCUT2D eigenvalue weighted by Gasteiger charge is 2.36. The molecule has 0 unspecified atom stereocenters. The van der Waals surface area contributed by atoms with Crippen LogP contribution in [0, 0.1) is 12.8 Å². The van der Waals surface area contributed by atoms with Crippen LogP contribution in [0.25, 0.3) is 0 Å². The van der Waals surface area contributed by atoms with E-state index in [1.807, 2.05) is 11.3 Å². The highest BCUT2D eigenvalue weighted by atomic mass is 32.1. The second kappa shape index (κ2) is 6.93. The summed E-state index contributed by atoms with van der Waals surface area (Å²) in [6, 6.07) is 4.91. The first kappa shape index (κ1) is 15.0. The molecule has 2 aliphatic rings. The number of nitrogens with zero attached hydrogens (tertiary/aromatic N) is 1. The molecule has 1 saturated carbocycles. The average molecular weight is 306 g/mol. The summed E-state index contributed by atoms with van der Waals surface area (Å²) < 4.78 is 0. The van der Waals surface area contributed by atoms with Gasteiger partial charge in [0.05, 0.1) is 5.92 Å². The summed E-state index contributed by atoms with van der Waals surface area (Å²) in [5.41, 5.74) is 0. The molecule has 2 fully saturated rings. The summed E-state index contributed by atoms with van der Waals surface area (Å²) in [4.78, 5) is 17.8. The zero-order valence-electron chi connectivity index (χ0n) is 12.9. The van der Waals surface area contributed by atoms with Gasteiger partial charge in [0.15, 0.2) is 0 Å². The molecule has 1 aliphatic carbocycles. The van der Waals surface area contributed by atoms with Gasteiger partial charge in [-0.2, -0.15) is 0 Å². The van der Waals surface area contributed by atoms with Gasteiger partial charge in [0.1, 0.15) is 0 Å². The molecule has 21 heavy (non-hydrogen) atoms. The Morgan fingerprint density at radius 2 is 2.14 bits per heavy atom. The minimum absolute atomic E-state index is 0.212. The van der Waals surface area contributed by atoms with Crippen LogP contribution in [-0.2, 0) is 11.3 Å². The molecule has 2 heterocycles. The number of nitrogens with one attached hydrogen (secondary N) is 1. The van der Waals surface area contributed by atoms with Crippen LogP contribution >= 0.6 is 11.3 Å². The van der Waals surface area contributed by atoms with Crippen molar-refractivity contribution in [2.24, 2.45) is 5.92 Å². The van der Waals surface area contributed by atoms with Gasteiger partial charge < -0.3 is 5.32 Å². The fourth-order valence-corrected chi connectivity index (χ4v) is 4.69. The normalized spacial score (nSPS) is 28.1. The second-order valence-electron chi connectivity index (χ2n) is 6.44. The highest BCUT2D eigenvalue weighted by Crippen LogP contribution is 2.32. The molecule has 4 heteroatoms. The zero-order chi connectivity index (χ0) is 14.7. The topological polar surface area (TPSA) is 32.3 Å². The van der Waals surface area contributed by atoms with Gasteiger partial charge in [-0.3, -0.25) is 9.69 Å². The summed E-state index contributed by atoms with van der Waals surface area (Å²) in [5, 5.41) is 3.15. The molecular formula is C17H26N2OS. The Morgan fingerprint density at radius 1 is 1.24 bits per heavy atom. The van der Waals surface area contributed by atoms with Crippen molar-refractivity contribution in [3.05, 3.63) is 21.9 Å². The second-order valence-corrected chi connectivity index (χ2v) is 7.81. The van der Waals surface area contributed by atoms with Gasteiger partial charge in [-0.05, 0) is 51.3 Å². The summed E-state index contributed by atoms with van der Waals surface area (Å²) in [6.07, 6.45) is 7.04. The molecule has 3 rings (SSSR count). The number of hydrogen-bond donors (Lipinski definition) is 1. The van der Waals surface area contributed by atoms with Gasteiger partial charge >= 0.3 is 0 Å². The standard InChI is InChI=1S/C17H26N2OS/c1-13-8-9-14(21-13)12-19-11-4-2-3-10-18-17(20)15-6-5-7-16(15)19/h8-9,15-16H,2-7,10-12H2,1H3,(H,18,20)/t15-,16+/m1/s1. The molecule has 2 atom stereocenters. The minimum Gasteiger partial charge on any atom is -0.356 e. The Bertz CT molecular complexity index is 485. The lowest BCUT2D eigenvalue weighted by atomic mass is 9.99. The number of fused-ring (bicyclic) bond motifs is 1. The van der Waals surface area contributed by atoms with Crippen LogP contribution in [-0.4, -0.2) is 29.9 Å². The van der Waals surface area contributed by atoms with Crippen molar-refractivity contribution < 1.29 is 4.79 Å². The van der Waals surface area contributed by atoms with Crippen LogP contribution in [0.2, 0.25) is 0 Å². The van der Waals surface area contributed by atoms with Gasteiger partial charge in [0.25, 0.3) is 0 Å². The van der Waals surface area contributed by atoms with E-state index in [0.29, 0.717) is 11.9 Å². The average Bonchev–Trinajstić information content (AvgIpc) is 3.09. The summed E-state index contributed by atoms with van der Waals surface area (Å²) in [7, 11) is 0. The summed E-state index contributed by atoms with van der Waals surface area (Å²) >= 11 is 1.90. The van der Waals surface area contributed by atoms with Crippen molar-refractivity contribution in [1.29, 1.82) is 0 Å². The summed E-state index contributed by atoms with van der Waals surface area (Å²) in [5.74, 6) is 0.510. The molecular weight excluding hydrogens is 280 g/mol. The Morgan fingerprint density at radius 3 is 2.95 bits per heavy atom. The monoisotopic (exact) mass is 306 g/mol. The largest absolute Gasteiger partial charge is 0.356 e. The minimum atomic E-state index is 0.212. The van der Waals surface area contributed by atoms with Crippen LogP contribution in [0.3, 0.4) is 0 Å². The van der Waals surface area contributed by atoms with E-state index in [-0.39, 0.29) is 5.92 Å². The smallest absolute Gasteiger partial charge is 0.224 e. The third-order valence-corrected chi connectivity index (χ3v) is 5.85. The van der Waals surface area contributed by atoms with Crippen molar-refractivity contribution in [1.82, 2.24) is 10.2 Å². The molecule has 1 aromatic heterocycles. The molecule has 0 aromatic carbocycles. The number of carbonyl (C=O) groups is 1. The van der Waals surface area contributed by atoms with Crippen LogP contribution in [0.5, 0.6) is 0 Å². The zero-order valence-corrected chi connectivity index (χ0v) is 13.8. The molecule has 1 aliphatic heterocycles. The Kier molecular flexibility index (Phi) is 4.96. The van der Waals surface area contributed by atoms with E-state index < -0.39 is 0 Å². The number of carbonyl (C=O) groups excluding carboxylic acids is 1. The maximum Gasteiger partial charge on any atom is 0.224 e. The van der Waals surface area contributed by atoms with E-state index in [4.69, 9.17) is 0 Å². The van der Waals surface area contributed by atoms with E-state index in [9.17, 15) is 4.79 Å². The van der Waals surface area contributed by atoms with Gasteiger partial charge in [0, 0.05) is 28.9 Å². The molecule has 1 aromatic rings. The maximum atomic E-state index is 12.4.